The third-order valence-corrected chi connectivity index (χ3v) is 15.5. The molecule has 0 spiro atoms. The molecule has 7 rings (SSSR count). The van der Waals surface area contributed by atoms with Gasteiger partial charge in [0.15, 0.2) is 0 Å². The van der Waals surface area contributed by atoms with E-state index < -0.39 is 16.5 Å². The first-order chi connectivity index (χ1) is 31.8. The molecular formula is C47H59FN8O8S2. The highest BCUT2D eigenvalue weighted by molar-refractivity contribution is 8.77. The van der Waals surface area contributed by atoms with Crippen molar-refractivity contribution in [1.29, 1.82) is 0 Å². The Hall–Kier alpha value is -5.40. The summed E-state index contributed by atoms with van der Waals surface area (Å²) in [4.78, 5) is 72.8. The highest BCUT2D eigenvalue weighted by Gasteiger charge is 2.44. The number of fused-ring (bicyclic) bond motifs is 1. The number of pyridine rings is 1. The molecule has 1 aromatic heterocycles. The number of rotatable bonds is 19. The zero-order valence-corrected chi connectivity index (χ0v) is 39.1. The fourth-order valence-corrected chi connectivity index (χ4v) is 10.9. The number of anilines is 1. The molecule has 0 bridgehead atoms. The standard InChI is InChI=1S/C47H59FN8O8S2/c1-47(2,28-42(57)53-52-40-13-23-64-41-26-35(9-10-36(40)41)63-22-4-6-44(59)60)66-65-24-14-43(58)55-20-18-54(19-21-55)34-11-16-56(17-12-34)46(62)50-30-32-7-8-33(25-39(32)48)51-45(61)38-27-37(38)31-5-3-15-49-29-31/h3,5,7-10,15,25-26,29,34,37-38H,4,6,11-14,16-24,27-28,30H2,1-2H3,(H,50,62)(H,51,61)(H,53,57)(H,59,60)/b52-40+/t37-,38+/m1/s1. The Morgan fingerprint density at radius 3 is 2.55 bits per heavy atom. The van der Waals surface area contributed by atoms with Crippen LogP contribution >= 0.6 is 21.6 Å². The topological polar surface area (TPSA) is 195 Å². The number of aliphatic carboxylic acids is 1. The zero-order chi connectivity index (χ0) is 46.6. The van der Waals surface area contributed by atoms with E-state index >= 15 is 4.39 Å². The number of ether oxygens (including phenoxy) is 2. The Bertz CT molecular complexity index is 2240. The first-order valence-electron chi connectivity index (χ1n) is 22.6. The van der Waals surface area contributed by atoms with Crippen molar-refractivity contribution in [3.05, 3.63) is 83.4 Å². The second kappa shape index (κ2) is 22.9. The van der Waals surface area contributed by atoms with Crippen molar-refractivity contribution in [3.8, 4) is 11.5 Å². The van der Waals surface area contributed by atoms with Crippen LogP contribution in [-0.4, -0.2) is 129 Å². The summed E-state index contributed by atoms with van der Waals surface area (Å²) in [5.41, 5.74) is 5.93. The molecule has 2 atom stereocenters. The number of urea groups is 1. The number of piperidine rings is 1. The lowest BCUT2D eigenvalue weighted by Crippen LogP contribution is -2.55. The minimum absolute atomic E-state index is 0.0358. The van der Waals surface area contributed by atoms with Gasteiger partial charge in [0.2, 0.25) is 17.7 Å². The summed E-state index contributed by atoms with van der Waals surface area (Å²) >= 11 is 0. The van der Waals surface area contributed by atoms with Gasteiger partial charge in [-0.05, 0) is 81.3 Å². The van der Waals surface area contributed by atoms with Crippen LogP contribution in [0.5, 0.6) is 11.5 Å². The Kier molecular flexibility index (Phi) is 16.8. The fourth-order valence-electron chi connectivity index (χ4n) is 8.45. The van der Waals surface area contributed by atoms with Gasteiger partial charge in [-0.25, -0.2) is 14.6 Å². The molecule has 5 amide bonds. The summed E-state index contributed by atoms with van der Waals surface area (Å²) in [6, 6.07) is 13.8. The van der Waals surface area contributed by atoms with Crippen LogP contribution in [0.25, 0.3) is 0 Å². The van der Waals surface area contributed by atoms with E-state index in [0.717, 1.165) is 43.5 Å². The maximum Gasteiger partial charge on any atom is 0.317 e. The van der Waals surface area contributed by atoms with Crippen LogP contribution in [0.1, 0.15) is 87.8 Å². The molecule has 0 radical (unpaired) electrons. The molecule has 2 aromatic carbocycles. The van der Waals surface area contributed by atoms with E-state index in [2.05, 4.69) is 31.0 Å². The van der Waals surface area contributed by atoms with E-state index in [1.54, 1.807) is 63.1 Å². The molecule has 4 N–H and O–H groups in total. The van der Waals surface area contributed by atoms with Crippen LogP contribution in [0.3, 0.4) is 0 Å². The van der Waals surface area contributed by atoms with E-state index in [9.17, 15) is 24.0 Å². The number of carboxylic acids is 1. The number of benzene rings is 2. The van der Waals surface area contributed by atoms with E-state index in [4.69, 9.17) is 14.6 Å². The highest BCUT2D eigenvalue weighted by Crippen LogP contribution is 2.47. The van der Waals surface area contributed by atoms with Crippen LogP contribution in [0.4, 0.5) is 14.9 Å². The van der Waals surface area contributed by atoms with E-state index in [1.807, 2.05) is 36.9 Å². The van der Waals surface area contributed by atoms with Crippen LogP contribution in [0.2, 0.25) is 0 Å². The number of halogens is 1. The molecule has 1 saturated carbocycles. The van der Waals surface area contributed by atoms with Gasteiger partial charge in [-0.1, -0.05) is 33.7 Å². The van der Waals surface area contributed by atoms with Crippen molar-refractivity contribution in [1.82, 2.24) is 30.4 Å². The largest absolute Gasteiger partial charge is 0.493 e. The van der Waals surface area contributed by atoms with Gasteiger partial charge in [-0.3, -0.25) is 29.1 Å². The van der Waals surface area contributed by atoms with Crippen LogP contribution < -0.4 is 25.5 Å². The Balaban J connectivity index is 0.740. The van der Waals surface area contributed by atoms with E-state index in [0.29, 0.717) is 92.3 Å². The van der Waals surface area contributed by atoms with Gasteiger partial charge in [-0.15, -0.1) is 0 Å². The van der Waals surface area contributed by atoms with Crippen LogP contribution in [0.15, 0.2) is 66.0 Å². The van der Waals surface area contributed by atoms with Crippen LogP contribution in [-0.2, 0) is 25.7 Å². The van der Waals surface area contributed by atoms with Crippen LogP contribution in [0, 0.1) is 11.7 Å². The summed E-state index contributed by atoms with van der Waals surface area (Å²) in [6.45, 7) is 8.78. The summed E-state index contributed by atoms with van der Waals surface area (Å²) in [6.07, 6.45) is 7.47. The summed E-state index contributed by atoms with van der Waals surface area (Å²) in [7, 11) is 3.17. The number of hydrogen-bond donors (Lipinski definition) is 4. The molecule has 19 heteroatoms. The SMILES string of the molecule is CC(C)(CC(=O)N/N=C1\CCOc2cc(OCCCC(=O)O)ccc21)SSCCC(=O)N1CCN(C2CCN(C(=O)NCc3ccc(NC(=O)[C@H]4C[C@@H]4c4cccnc4)cc3F)CC2)CC1. The van der Waals surface area contributed by atoms with E-state index in [-0.39, 0.29) is 61.6 Å². The van der Waals surface area contributed by atoms with Gasteiger partial charge in [0.1, 0.15) is 17.3 Å². The third kappa shape index (κ3) is 13.8. The molecule has 0 unspecified atom stereocenters. The lowest BCUT2D eigenvalue weighted by atomic mass is 10.0. The smallest absolute Gasteiger partial charge is 0.317 e. The molecule has 2 saturated heterocycles. The second-order valence-corrected chi connectivity index (χ2v) is 20.7. The number of hydrogen-bond acceptors (Lipinski definition) is 12. The molecule has 16 nitrogen and oxygen atoms in total. The molecular weight excluding hydrogens is 888 g/mol. The molecule has 3 aromatic rings. The molecule has 3 aliphatic heterocycles. The molecule has 4 aliphatic rings. The number of carboxylic acid groups (broad SMARTS) is 1. The molecule has 3 fully saturated rings. The number of piperazine rings is 1. The normalized spacial score (nSPS) is 19.3. The van der Waals surface area contributed by atoms with Gasteiger partial charge in [0.25, 0.3) is 0 Å². The van der Waals surface area contributed by atoms with Gasteiger partial charge in [-0.2, -0.15) is 5.10 Å². The number of hydrazone groups is 1. The average molecular weight is 947 g/mol. The van der Waals surface area contributed by atoms with Crippen molar-refractivity contribution >= 4 is 62.7 Å². The quantitative estimate of drug-likeness (QED) is 0.0599. The molecule has 1 aliphatic carbocycles. The first-order valence-corrected chi connectivity index (χ1v) is 25.0. The highest BCUT2D eigenvalue weighted by atomic mass is 33.1. The Morgan fingerprint density at radius 1 is 1.00 bits per heavy atom. The van der Waals surface area contributed by atoms with Gasteiger partial charge in [0, 0.05) is 129 Å². The predicted molar refractivity (Wildman–Crippen MR) is 252 cm³/mol. The Labute approximate surface area is 392 Å². The fraction of sp³-hybridized carbons (Fsp3) is 0.511. The first kappa shape index (κ1) is 48.5. The zero-order valence-electron chi connectivity index (χ0n) is 37.5. The summed E-state index contributed by atoms with van der Waals surface area (Å²) < 4.78 is 26.0. The number of nitrogens with one attached hydrogen (secondary N) is 3. The monoisotopic (exact) mass is 946 g/mol. The van der Waals surface area contributed by atoms with Gasteiger partial charge < -0.3 is 35.0 Å². The van der Waals surface area contributed by atoms with Crippen molar-refractivity contribution < 1.29 is 42.9 Å². The second-order valence-electron chi connectivity index (χ2n) is 17.6. The minimum atomic E-state index is -0.865. The van der Waals surface area contributed by atoms with Crippen molar-refractivity contribution in [2.45, 2.75) is 88.5 Å². The minimum Gasteiger partial charge on any atom is -0.493 e. The van der Waals surface area contributed by atoms with Gasteiger partial charge >= 0.3 is 12.0 Å². The van der Waals surface area contributed by atoms with Crippen molar-refractivity contribution in [2.75, 3.05) is 63.6 Å². The molecule has 66 heavy (non-hydrogen) atoms. The summed E-state index contributed by atoms with van der Waals surface area (Å²) in [5, 5.41) is 18.9. The lowest BCUT2D eigenvalue weighted by molar-refractivity contribution is -0.137. The number of carbonyl (C=O) groups excluding carboxylic acids is 4. The Morgan fingerprint density at radius 2 is 1.80 bits per heavy atom. The number of nitrogens with zero attached hydrogens (tertiary/aromatic N) is 5. The number of amides is 5. The van der Waals surface area contributed by atoms with E-state index in [1.165, 1.54) is 6.07 Å². The van der Waals surface area contributed by atoms with Crippen molar-refractivity contribution in [3.63, 3.8) is 0 Å². The average Bonchev–Trinajstić information content (AvgIpc) is 4.13. The number of likely N-dealkylation sites (tertiary alicyclic amines) is 1. The molecule has 354 valence electrons. The number of carbonyl (C=O) groups is 5. The van der Waals surface area contributed by atoms with Gasteiger partial charge in [0.05, 0.1) is 18.9 Å². The predicted octanol–water partition coefficient (Wildman–Crippen LogP) is 6.27. The maximum absolute atomic E-state index is 15.0. The maximum atomic E-state index is 15.0. The molecule has 4 heterocycles. The summed E-state index contributed by atoms with van der Waals surface area (Å²) in [5.74, 6) is 0.184. The lowest BCUT2D eigenvalue weighted by Gasteiger charge is -2.42. The van der Waals surface area contributed by atoms with Crippen molar-refractivity contribution in [2.24, 2.45) is 11.0 Å². The third-order valence-electron chi connectivity index (χ3n) is 12.2. The number of aromatic nitrogens is 1.